The molecule has 0 aliphatic carbocycles. The van der Waals surface area contributed by atoms with E-state index in [-0.39, 0.29) is 0 Å². The zero-order valence-electron chi connectivity index (χ0n) is 9.92. The highest BCUT2D eigenvalue weighted by atomic mass is 15.3. The summed E-state index contributed by atoms with van der Waals surface area (Å²) in [7, 11) is 0. The van der Waals surface area contributed by atoms with Crippen LogP contribution in [0, 0.1) is 0 Å². The molecule has 82 valence electrons. The van der Waals surface area contributed by atoms with Gasteiger partial charge in [0.05, 0.1) is 0 Å². The van der Waals surface area contributed by atoms with Crippen LogP contribution in [0.15, 0.2) is 12.3 Å². The molecule has 0 saturated carbocycles. The average Bonchev–Trinajstić information content (AvgIpc) is 2.18. The molecule has 1 aliphatic heterocycles. The van der Waals surface area contributed by atoms with Crippen LogP contribution in [-0.4, -0.2) is 42.0 Å². The minimum Gasteiger partial charge on any atom is -0.373 e. The maximum Gasteiger partial charge on any atom is 0.0303 e. The van der Waals surface area contributed by atoms with E-state index >= 15 is 0 Å². The van der Waals surface area contributed by atoms with E-state index < -0.39 is 0 Å². The van der Waals surface area contributed by atoms with Gasteiger partial charge in [0.2, 0.25) is 0 Å². The highest BCUT2D eigenvalue weighted by molar-refractivity contribution is 4.95. The molecular formula is C12H24N2. The van der Waals surface area contributed by atoms with Gasteiger partial charge in [0, 0.05) is 37.9 Å². The molecule has 2 heteroatoms. The molecule has 2 nitrogen and oxygen atoms in total. The molecular weight excluding hydrogens is 172 g/mol. The summed E-state index contributed by atoms with van der Waals surface area (Å²) in [6.07, 6.45) is 2.37. The molecule has 1 heterocycles. The summed E-state index contributed by atoms with van der Waals surface area (Å²) in [5.74, 6) is 0. The summed E-state index contributed by atoms with van der Waals surface area (Å²) in [6, 6.07) is 0.691. The van der Waals surface area contributed by atoms with Crippen molar-refractivity contribution in [1.29, 1.82) is 0 Å². The lowest BCUT2D eigenvalue weighted by molar-refractivity contribution is 0.128. The van der Waals surface area contributed by atoms with E-state index in [1.165, 1.54) is 25.2 Å². The van der Waals surface area contributed by atoms with Crippen LogP contribution in [0.4, 0.5) is 0 Å². The molecule has 1 fully saturated rings. The van der Waals surface area contributed by atoms with Crippen molar-refractivity contribution < 1.29 is 0 Å². The third-order valence-electron chi connectivity index (χ3n) is 3.03. The van der Waals surface area contributed by atoms with E-state index in [0.717, 1.165) is 19.5 Å². The third kappa shape index (κ3) is 3.02. The van der Waals surface area contributed by atoms with E-state index in [0.29, 0.717) is 6.04 Å². The third-order valence-corrected chi connectivity index (χ3v) is 3.03. The zero-order valence-corrected chi connectivity index (χ0v) is 9.92. The second kappa shape index (κ2) is 5.40. The summed E-state index contributed by atoms with van der Waals surface area (Å²) < 4.78 is 0. The maximum atomic E-state index is 4.15. The minimum absolute atomic E-state index is 0.691. The highest BCUT2D eigenvalue weighted by Gasteiger charge is 2.18. The molecule has 1 rings (SSSR count). The van der Waals surface area contributed by atoms with Crippen molar-refractivity contribution in [2.45, 2.75) is 39.7 Å². The van der Waals surface area contributed by atoms with Gasteiger partial charge in [-0.25, -0.2) is 0 Å². The smallest absolute Gasteiger partial charge is 0.0303 e. The van der Waals surface area contributed by atoms with E-state index in [2.05, 4.69) is 37.1 Å². The Hall–Kier alpha value is -0.500. The van der Waals surface area contributed by atoms with Gasteiger partial charge in [-0.1, -0.05) is 19.9 Å². The number of nitrogens with zero attached hydrogens (tertiary/aromatic N) is 2. The Bertz CT molecular complexity index is 179. The number of piperazine rings is 1. The van der Waals surface area contributed by atoms with Crippen molar-refractivity contribution in [3.05, 3.63) is 12.3 Å². The van der Waals surface area contributed by atoms with Gasteiger partial charge >= 0.3 is 0 Å². The Morgan fingerprint density at radius 1 is 1.21 bits per heavy atom. The summed E-state index contributed by atoms with van der Waals surface area (Å²) in [6.45, 7) is 15.6. The molecule has 1 aliphatic rings. The number of rotatable bonds is 4. The van der Waals surface area contributed by atoms with Crippen molar-refractivity contribution in [2.24, 2.45) is 0 Å². The monoisotopic (exact) mass is 196 g/mol. The van der Waals surface area contributed by atoms with Crippen LogP contribution >= 0.6 is 0 Å². The second-order valence-corrected chi connectivity index (χ2v) is 4.43. The van der Waals surface area contributed by atoms with Crippen molar-refractivity contribution in [3.63, 3.8) is 0 Å². The summed E-state index contributed by atoms with van der Waals surface area (Å²) in [5, 5.41) is 0. The van der Waals surface area contributed by atoms with E-state index in [9.17, 15) is 0 Å². The predicted octanol–water partition coefficient (Wildman–Crippen LogP) is 2.33. The Kier molecular flexibility index (Phi) is 4.46. The highest BCUT2D eigenvalue weighted by Crippen LogP contribution is 2.13. The van der Waals surface area contributed by atoms with Gasteiger partial charge in [-0.15, -0.1) is 0 Å². The summed E-state index contributed by atoms with van der Waals surface area (Å²) >= 11 is 0. The first-order valence-corrected chi connectivity index (χ1v) is 5.82. The molecule has 1 saturated heterocycles. The van der Waals surface area contributed by atoms with E-state index in [1.54, 1.807) is 0 Å². The quantitative estimate of drug-likeness (QED) is 0.681. The average molecular weight is 196 g/mol. The van der Waals surface area contributed by atoms with Gasteiger partial charge in [0.15, 0.2) is 0 Å². The van der Waals surface area contributed by atoms with Crippen molar-refractivity contribution in [1.82, 2.24) is 9.80 Å². The predicted molar refractivity (Wildman–Crippen MR) is 62.3 cm³/mol. The topological polar surface area (TPSA) is 6.48 Å². The molecule has 0 atom stereocenters. The van der Waals surface area contributed by atoms with Gasteiger partial charge in [-0.05, 0) is 20.3 Å². The summed E-state index contributed by atoms with van der Waals surface area (Å²) in [5.41, 5.74) is 1.33. The van der Waals surface area contributed by atoms with Crippen LogP contribution in [0.1, 0.15) is 33.6 Å². The van der Waals surface area contributed by atoms with Gasteiger partial charge in [0.25, 0.3) is 0 Å². The fraction of sp³-hybridized carbons (Fsp3) is 0.833. The minimum atomic E-state index is 0.691. The lowest BCUT2D eigenvalue weighted by Gasteiger charge is -2.38. The Morgan fingerprint density at radius 2 is 1.79 bits per heavy atom. The molecule has 0 radical (unpaired) electrons. The standard InChI is InChI=1S/C12H24N2/c1-5-6-12(4)14-9-7-13(8-10-14)11(2)3/h11H,4-10H2,1-3H3. The van der Waals surface area contributed by atoms with Crippen molar-refractivity contribution >= 4 is 0 Å². The fourth-order valence-corrected chi connectivity index (χ4v) is 2.00. The summed E-state index contributed by atoms with van der Waals surface area (Å²) in [4.78, 5) is 4.98. The Labute approximate surface area is 88.6 Å². The number of hydrogen-bond donors (Lipinski definition) is 0. The van der Waals surface area contributed by atoms with Gasteiger partial charge in [0.1, 0.15) is 0 Å². The first-order chi connectivity index (χ1) is 6.65. The van der Waals surface area contributed by atoms with Crippen LogP contribution in [0.25, 0.3) is 0 Å². The van der Waals surface area contributed by atoms with Crippen LogP contribution in [0.3, 0.4) is 0 Å². The lowest BCUT2D eigenvalue weighted by atomic mass is 10.2. The molecule has 0 aromatic carbocycles. The molecule has 0 aromatic heterocycles. The zero-order chi connectivity index (χ0) is 10.6. The fourth-order valence-electron chi connectivity index (χ4n) is 2.00. The first-order valence-electron chi connectivity index (χ1n) is 5.82. The van der Waals surface area contributed by atoms with Gasteiger partial charge < -0.3 is 4.90 Å². The maximum absolute atomic E-state index is 4.15. The lowest BCUT2D eigenvalue weighted by Crippen LogP contribution is -2.48. The molecule has 14 heavy (non-hydrogen) atoms. The largest absolute Gasteiger partial charge is 0.373 e. The van der Waals surface area contributed by atoms with Gasteiger partial charge in [-0.3, -0.25) is 4.90 Å². The van der Waals surface area contributed by atoms with E-state index in [1.807, 2.05) is 0 Å². The second-order valence-electron chi connectivity index (χ2n) is 4.43. The number of allylic oxidation sites excluding steroid dienone is 1. The van der Waals surface area contributed by atoms with Crippen LogP contribution in [0.5, 0.6) is 0 Å². The normalized spacial score (nSPS) is 19.0. The van der Waals surface area contributed by atoms with Crippen molar-refractivity contribution in [2.75, 3.05) is 26.2 Å². The molecule has 0 N–H and O–H groups in total. The number of hydrogen-bond acceptors (Lipinski definition) is 2. The van der Waals surface area contributed by atoms with Crippen molar-refractivity contribution in [3.8, 4) is 0 Å². The van der Waals surface area contributed by atoms with Crippen LogP contribution < -0.4 is 0 Å². The van der Waals surface area contributed by atoms with Crippen LogP contribution in [0.2, 0.25) is 0 Å². The molecule has 0 aromatic rings. The van der Waals surface area contributed by atoms with Gasteiger partial charge in [-0.2, -0.15) is 0 Å². The van der Waals surface area contributed by atoms with E-state index in [4.69, 9.17) is 0 Å². The Morgan fingerprint density at radius 3 is 2.21 bits per heavy atom. The molecule has 0 spiro atoms. The first kappa shape index (κ1) is 11.6. The molecule has 0 amide bonds. The molecule has 0 bridgehead atoms. The Balaban J connectivity index is 2.31. The SMILES string of the molecule is C=C(CCC)N1CCN(C(C)C)CC1. The molecule has 0 unspecified atom stereocenters. The van der Waals surface area contributed by atoms with Crippen LogP contribution in [-0.2, 0) is 0 Å².